The Bertz CT molecular complexity index is 1750. The molecule has 1 aliphatic carbocycles. The third-order valence-corrected chi connectivity index (χ3v) is 7.83. The lowest BCUT2D eigenvalue weighted by Crippen LogP contribution is -2.66. The molecule has 0 spiro atoms. The number of nitrogens with zero attached hydrogens (tertiary/aromatic N) is 5. The number of anilines is 2. The van der Waals surface area contributed by atoms with Crippen molar-refractivity contribution in [3.63, 3.8) is 0 Å². The van der Waals surface area contributed by atoms with Crippen molar-refractivity contribution in [2.24, 2.45) is 0 Å². The number of fused-ring (bicyclic) bond motifs is 5. The second-order valence-electron chi connectivity index (χ2n) is 9.90. The fourth-order valence-electron chi connectivity index (χ4n) is 5.54. The van der Waals surface area contributed by atoms with Crippen LogP contribution in [0.2, 0.25) is 5.02 Å². The molecule has 9 nitrogen and oxygen atoms in total. The molecular weight excluding hydrogens is 532 g/mol. The van der Waals surface area contributed by atoms with E-state index in [4.69, 9.17) is 15.7 Å². The van der Waals surface area contributed by atoms with Gasteiger partial charge in [0, 0.05) is 35.5 Å². The van der Waals surface area contributed by atoms with Crippen molar-refractivity contribution in [2.75, 3.05) is 29.9 Å². The number of carbonyl (C=O) groups excluding carboxylic acids is 2. The molecule has 2 fully saturated rings. The summed E-state index contributed by atoms with van der Waals surface area (Å²) < 4.78 is 54.9. The van der Waals surface area contributed by atoms with Crippen molar-refractivity contribution in [1.29, 1.82) is 0 Å². The van der Waals surface area contributed by atoms with E-state index < -0.39 is 65.9 Å². The van der Waals surface area contributed by atoms with Crippen LogP contribution < -0.4 is 15.4 Å². The summed E-state index contributed by atoms with van der Waals surface area (Å²) in [6, 6.07) is 2.24. The van der Waals surface area contributed by atoms with Crippen molar-refractivity contribution in [1.82, 2.24) is 14.5 Å². The second-order valence-corrected chi connectivity index (χ2v) is 10.3. The highest BCUT2D eigenvalue weighted by atomic mass is 35.5. The predicted octanol–water partition coefficient (Wildman–Crippen LogP) is 3.41. The van der Waals surface area contributed by atoms with Gasteiger partial charge in [-0.2, -0.15) is 0 Å². The zero-order valence-electron chi connectivity index (χ0n) is 23.6. The third-order valence-electron chi connectivity index (χ3n) is 7.54. The number of hydrogen-bond acceptors (Lipinski definition) is 6. The fourth-order valence-corrected chi connectivity index (χ4v) is 5.78. The van der Waals surface area contributed by atoms with Crippen LogP contribution in [0.15, 0.2) is 41.7 Å². The number of pyridine rings is 2. The highest BCUT2D eigenvalue weighted by Crippen LogP contribution is 2.47. The minimum absolute atomic E-state index is 0.0268. The summed E-state index contributed by atoms with van der Waals surface area (Å²) in [4.78, 5) is 48.3. The highest BCUT2D eigenvalue weighted by molar-refractivity contribution is 6.34. The second kappa shape index (κ2) is 8.77. The monoisotopic (exact) mass is 558 g/mol. The molecule has 1 saturated carbocycles. The number of benzene rings is 1. The van der Waals surface area contributed by atoms with Gasteiger partial charge in [0.15, 0.2) is 0 Å². The first-order valence-electron chi connectivity index (χ1n) is 13.7. The zero-order chi connectivity index (χ0) is 30.4. The van der Waals surface area contributed by atoms with Crippen molar-refractivity contribution >= 4 is 45.8 Å². The smallest absolute Gasteiger partial charge is 0.278 e. The zero-order valence-corrected chi connectivity index (χ0v) is 21.3. The number of phenolic OH excluding ortho intramolecular Hbond substituents is 1. The molecule has 39 heavy (non-hydrogen) atoms. The maximum Gasteiger partial charge on any atom is 0.278 e. The van der Waals surface area contributed by atoms with Gasteiger partial charge in [-0.05, 0) is 31.2 Å². The number of aromatic nitrogens is 2. The van der Waals surface area contributed by atoms with Crippen molar-refractivity contribution in [2.45, 2.75) is 37.6 Å². The van der Waals surface area contributed by atoms with E-state index >= 15 is 0 Å². The average molecular weight is 559 g/mol. The molecule has 0 radical (unpaired) electrons. The molecule has 2 amide bonds. The number of alkyl halides is 1. The Morgan fingerprint density at radius 3 is 2.69 bits per heavy atom. The number of phenols is 1. The van der Waals surface area contributed by atoms with Crippen LogP contribution in [-0.4, -0.2) is 69.7 Å². The van der Waals surface area contributed by atoms with Gasteiger partial charge in [-0.1, -0.05) is 24.2 Å². The molecule has 3 aliphatic rings. The SMILES string of the molecule is [2H]C([2H])([2H])N1C(=O)[C@H]2CN(C(=O)C=C)[C@H](C)CN2c2c1c(=O)n([C@@H]1C[C@@H]1F)c1nc(-c3c(O)cccc3F)c(Cl)cc21. The maximum absolute atomic E-state index is 14.9. The van der Waals surface area contributed by atoms with Crippen LogP contribution in [-0.2, 0) is 9.59 Å². The average Bonchev–Trinajstić information content (AvgIpc) is 3.63. The molecule has 0 unspecified atom stereocenters. The molecule has 12 heteroatoms. The van der Waals surface area contributed by atoms with E-state index in [1.807, 2.05) is 0 Å². The summed E-state index contributed by atoms with van der Waals surface area (Å²) in [7, 11) is 0. The van der Waals surface area contributed by atoms with Gasteiger partial charge in [0.2, 0.25) is 5.91 Å². The summed E-state index contributed by atoms with van der Waals surface area (Å²) >= 11 is 6.61. The first-order valence-corrected chi connectivity index (χ1v) is 12.6. The number of likely N-dealkylation sites (N-methyl/N-ethyl adjacent to an activating group) is 1. The molecular formula is C27H24ClF2N5O4. The Morgan fingerprint density at radius 2 is 2.05 bits per heavy atom. The van der Waals surface area contributed by atoms with Gasteiger partial charge in [0.25, 0.3) is 11.5 Å². The minimum Gasteiger partial charge on any atom is -0.507 e. The van der Waals surface area contributed by atoms with Crippen molar-refractivity contribution in [3.8, 4) is 17.0 Å². The number of piperazine rings is 1. The van der Waals surface area contributed by atoms with Crippen LogP contribution in [0.5, 0.6) is 5.75 Å². The van der Waals surface area contributed by atoms with Gasteiger partial charge in [-0.25, -0.2) is 13.8 Å². The first-order chi connectivity index (χ1) is 19.8. The Morgan fingerprint density at radius 1 is 1.31 bits per heavy atom. The molecule has 4 heterocycles. The lowest BCUT2D eigenvalue weighted by atomic mass is 9.98. The van der Waals surface area contributed by atoms with Crippen LogP contribution in [0.3, 0.4) is 0 Å². The van der Waals surface area contributed by atoms with Gasteiger partial charge in [-0.3, -0.25) is 19.0 Å². The summed E-state index contributed by atoms with van der Waals surface area (Å²) in [5, 5.41) is 10.4. The maximum atomic E-state index is 14.9. The Kier molecular flexibility index (Phi) is 4.92. The number of hydrogen-bond donors (Lipinski definition) is 1. The lowest BCUT2D eigenvalue weighted by Gasteiger charge is -2.49. The number of carbonyl (C=O) groups is 2. The molecule has 4 atom stereocenters. The summed E-state index contributed by atoms with van der Waals surface area (Å²) in [6.45, 7) is 1.94. The van der Waals surface area contributed by atoms with E-state index in [1.54, 1.807) is 11.8 Å². The van der Waals surface area contributed by atoms with Gasteiger partial charge in [-0.15, -0.1) is 0 Å². The first kappa shape index (κ1) is 21.9. The Balaban J connectivity index is 1.70. The molecule has 3 aromatic rings. The van der Waals surface area contributed by atoms with Crippen LogP contribution >= 0.6 is 11.6 Å². The van der Waals surface area contributed by atoms with E-state index in [9.17, 15) is 28.3 Å². The molecule has 202 valence electrons. The summed E-state index contributed by atoms with van der Waals surface area (Å²) in [6.07, 6.45) is -0.425. The number of rotatable bonds is 3. The van der Waals surface area contributed by atoms with Crippen LogP contribution in [0.1, 0.15) is 23.5 Å². The molecule has 6 rings (SSSR count). The van der Waals surface area contributed by atoms with Crippen LogP contribution in [0.4, 0.5) is 20.2 Å². The van der Waals surface area contributed by atoms with E-state index in [0.717, 1.165) is 16.7 Å². The molecule has 1 aromatic carbocycles. The summed E-state index contributed by atoms with van der Waals surface area (Å²) in [5.74, 6) is -2.70. The lowest BCUT2D eigenvalue weighted by molar-refractivity contribution is -0.130. The summed E-state index contributed by atoms with van der Waals surface area (Å²) in [5.41, 5.74) is -2.11. The predicted molar refractivity (Wildman–Crippen MR) is 143 cm³/mol. The Hall–Kier alpha value is -3.99. The number of aromatic hydroxyl groups is 1. The number of halogens is 3. The van der Waals surface area contributed by atoms with E-state index in [1.165, 1.54) is 23.1 Å². The van der Waals surface area contributed by atoms with E-state index in [2.05, 4.69) is 11.6 Å². The third kappa shape index (κ3) is 3.63. The van der Waals surface area contributed by atoms with Gasteiger partial charge in [0.1, 0.15) is 35.1 Å². The van der Waals surface area contributed by atoms with Gasteiger partial charge >= 0.3 is 0 Å². The highest BCUT2D eigenvalue weighted by Gasteiger charge is 2.48. The molecule has 0 bridgehead atoms. The topological polar surface area (TPSA) is 99.0 Å². The Labute approximate surface area is 230 Å². The normalized spacial score (nSPS) is 25.5. The largest absolute Gasteiger partial charge is 0.507 e. The van der Waals surface area contributed by atoms with Crippen molar-refractivity contribution < 1.29 is 27.6 Å². The molecule has 2 aromatic heterocycles. The van der Waals surface area contributed by atoms with Gasteiger partial charge in [0.05, 0.1) is 34.6 Å². The minimum atomic E-state index is -3.12. The van der Waals surface area contributed by atoms with Crippen LogP contribution in [0, 0.1) is 5.82 Å². The van der Waals surface area contributed by atoms with E-state index in [-0.39, 0.29) is 52.5 Å². The fraction of sp³-hybridized carbons (Fsp3) is 0.333. The van der Waals surface area contributed by atoms with E-state index in [0.29, 0.717) is 4.90 Å². The quantitative estimate of drug-likeness (QED) is 0.495. The van der Waals surface area contributed by atoms with Crippen molar-refractivity contribution in [3.05, 3.63) is 58.1 Å². The van der Waals surface area contributed by atoms with Crippen LogP contribution in [0.25, 0.3) is 22.3 Å². The number of amides is 2. The molecule has 2 aliphatic heterocycles. The molecule has 1 N–H and O–H groups in total. The molecule has 1 saturated heterocycles. The van der Waals surface area contributed by atoms with Gasteiger partial charge < -0.3 is 19.8 Å². The standard InChI is InChI=1S/C27H24ClF2N5O4/c1-4-20(37)33-11-18-26(38)32(3)24-23(34(18)10-12(33)2)13-8-14(28)22(21-15(29)6-5-7-19(21)36)31-25(13)35(27(24)39)17-9-16(17)30/h4-8,12,16-18,36H,1,9-11H2,2-3H3/t12-,16+,17-,18-/m1/s1/i3D3.